The van der Waals surface area contributed by atoms with E-state index in [1.54, 1.807) is 0 Å². The van der Waals surface area contributed by atoms with Crippen LogP contribution >= 0.6 is 0 Å². The maximum Gasteiger partial charge on any atom is 0.326 e. The molecule has 0 spiro atoms. The molecular weight excluding hydrogens is 510 g/mol. The number of carboxylic acids is 1. The van der Waals surface area contributed by atoms with E-state index in [1.165, 1.54) is 12.5 Å². The van der Waals surface area contributed by atoms with Gasteiger partial charge in [-0.1, -0.05) is 43.8 Å². The van der Waals surface area contributed by atoms with Crippen molar-refractivity contribution < 1.29 is 29.4 Å². The lowest BCUT2D eigenvalue weighted by atomic mass is 9.46. The van der Waals surface area contributed by atoms with E-state index in [0.717, 1.165) is 50.7 Å². The largest absolute Gasteiger partial charge is 0.480 e. The van der Waals surface area contributed by atoms with Gasteiger partial charge in [-0.25, -0.2) is 4.79 Å². The molecule has 0 heterocycles. The first kappa shape index (κ1) is 30.1. The molecule has 220 valence electrons. The highest BCUT2D eigenvalue weighted by Gasteiger charge is 2.63. The summed E-state index contributed by atoms with van der Waals surface area (Å²) in [6.45, 7) is 7.59. The minimum absolute atomic E-state index is 0.0892. The smallest absolute Gasteiger partial charge is 0.326 e. The number of aliphatic carboxylic acids is 1. The molecule has 4 aliphatic rings. The number of nitrogens with one attached hydrogen (secondary N) is 2. The van der Waals surface area contributed by atoms with Gasteiger partial charge in [-0.15, -0.1) is 6.42 Å². The number of carbonyl (C=O) groups excluding carboxylic acids is 2. The van der Waals surface area contributed by atoms with Crippen molar-refractivity contribution in [2.45, 2.75) is 110 Å². The van der Waals surface area contributed by atoms with Gasteiger partial charge in [-0.3, -0.25) is 9.59 Å². The van der Waals surface area contributed by atoms with Gasteiger partial charge >= 0.3 is 5.97 Å². The summed E-state index contributed by atoms with van der Waals surface area (Å²) in [5.41, 5.74) is 1.10. The second-order valence-corrected chi connectivity index (χ2v) is 12.8. The number of hydrogen-bond donors (Lipinski definition) is 4. The Bertz CT molecular complexity index is 1130. The lowest BCUT2D eigenvalue weighted by Crippen LogP contribution is -2.54. The Hall–Kier alpha value is -2.86. The van der Waals surface area contributed by atoms with E-state index in [1.807, 2.05) is 6.92 Å². The monoisotopic (exact) mass is 555 g/mol. The van der Waals surface area contributed by atoms with Crippen LogP contribution in [0, 0.1) is 40.9 Å². The number of aliphatic hydroxyl groups is 1. The molecule has 0 aliphatic heterocycles. The van der Waals surface area contributed by atoms with Crippen LogP contribution in [-0.4, -0.2) is 58.0 Å². The fourth-order valence-electron chi connectivity index (χ4n) is 8.26. The van der Waals surface area contributed by atoms with Crippen molar-refractivity contribution in [3.8, 4) is 12.3 Å². The summed E-state index contributed by atoms with van der Waals surface area (Å²) in [7, 11) is 0. The maximum atomic E-state index is 12.3. The molecule has 40 heavy (non-hydrogen) atoms. The van der Waals surface area contributed by atoms with Gasteiger partial charge in [0.2, 0.25) is 5.91 Å². The average Bonchev–Trinajstić information content (AvgIpc) is 3.19. The van der Waals surface area contributed by atoms with Gasteiger partial charge in [0, 0.05) is 5.41 Å². The summed E-state index contributed by atoms with van der Waals surface area (Å²) in [6.07, 6.45) is 16.4. The molecule has 0 bridgehead atoms. The fourth-order valence-corrected chi connectivity index (χ4v) is 8.26. The molecule has 8 unspecified atom stereocenters. The summed E-state index contributed by atoms with van der Waals surface area (Å²) in [4.78, 5) is 41.2. The third kappa shape index (κ3) is 5.39. The predicted molar refractivity (Wildman–Crippen MR) is 151 cm³/mol. The lowest BCUT2D eigenvalue weighted by Gasteiger charge is -2.58. The molecular formula is C31H45N3O6. The van der Waals surface area contributed by atoms with Crippen LogP contribution in [0.1, 0.15) is 91.9 Å². The molecule has 4 N–H and O–H groups in total. The second-order valence-electron chi connectivity index (χ2n) is 12.8. The number of nitrogens with zero attached hydrogens (tertiary/aromatic N) is 1. The van der Waals surface area contributed by atoms with E-state index in [0.29, 0.717) is 37.0 Å². The van der Waals surface area contributed by atoms with Crippen LogP contribution in [0.25, 0.3) is 0 Å². The molecule has 3 fully saturated rings. The van der Waals surface area contributed by atoms with Crippen LogP contribution in [0.2, 0.25) is 0 Å². The number of terminal acetylenes is 1. The van der Waals surface area contributed by atoms with Crippen LogP contribution in [0.4, 0.5) is 0 Å². The standard InChI is InChI=1S/C31H45N3O6/c1-6-8-25(28(37)38)33-27(36)19(3)32-26(35)18-40-34-21-11-14-29(4)20(17-21)9-10-22-23(29)12-15-30(5)24(22)13-16-31(30,39)7-2/h2,17,19,22-25,39H,6,8-16,18H2,1,3-5H3,(H,32,35)(H,33,36)(H,37,38). The average molecular weight is 556 g/mol. The highest BCUT2D eigenvalue weighted by atomic mass is 16.6. The minimum atomic E-state index is -1.10. The fraction of sp³-hybridized carbons (Fsp3) is 0.742. The molecule has 0 aromatic rings. The topological polar surface area (TPSA) is 137 Å². The zero-order valence-corrected chi connectivity index (χ0v) is 24.3. The van der Waals surface area contributed by atoms with E-state index in [4.69, 9.17) is 11.3 Å². The Morgan fingerprint density at radius 1 is 1.15 bits per heavy atom. The molecule has 9 heteroatoms. The van der Waals surface area contributed by atoms with Crippen LogP contribution in [0.3, 0.4) is 0 Å². The normalized spacial score (nSPS) is 37.0. The molecule has 3 saturated carbocycles. The number of fused-ring (bicyclic) bond motifs is 5. The summed E-state index contributed by atoms with van der Waals surface area (Å²) >= 11 is 0. The summed E-state index contributed by atoms with van der Waals surface area (Å²) < 4.78 is 0. The minimum Gasteiger partial charge on any atom is -0.480 e. The predicted octanol–water partition coefficient (Wildman–Crippen LogP) is 3.56. The van der Waals surface area contributed by atoms with Crippen molar-refractivity contribution in [2.75, 3.05) is 6.61 Å². The number of allylic oxidation sites excluding steroid dienone is 2. The quantitative estimate of drug-likeness (QED) is 0.254. The Morgan fingerprint density at radius 2 is 1.88 bits per heavy atom. The van der Waals surface area contributed by atoms with E-state index in [9.17, 15) is 24.6 Å². The number of rotatable bonds is 9. The SMILES string of the molecule is C#CC1(O)CCC2C3CCC4=CC(=NOCC(=O)NC(C)C(=O)NC(CCC)C(=O)O)CCC4(C)C3CCC21C. The Kier molecular flexibility index (Phi) is 8.70. The Labute approximate surface area is 237 Å². The van der Waals surface area contributed by atoms with Crippen molar-refractivity contribution in [3.63, 3.8) is 0 Å². The highest BCUT2D eigenvalue weighted by molar-refractivity contribution is 5.96. The number of amides is 2. The zero-order valence-electron chi connectivity index (χ0n) is 24.3. The van der Waals surface area contributed by atoms with Crippen molar-refractivity contribution in [1.29, 1.82) is 0 Å². The lowest BCUT2D eigenvalue weighted by molar-refractivity contribution is -0.142. The van der Waals surface area contributed by atoms with E-state index < -0.39 is 35.5 Å². The molecule has 2 amide bonds. The van der Waals surface area contributed by atoms with Crippen LogP contribution < -0.4 is 10.6 Å². The molecule has 0 aromatic heterocycles. The zero-order chi connectivity index (χ0) is 29.3. The number of carbonyl (C=O) groups is 3. The van der Waals surface area contributed by atoms with Crippen molar-refractivity contribution in [1.82, 2.24) is 10.6 Å². The highest BCUT2D eigenvalue weighted by Crippen LogP contribution is 2.67. The van der Waals surface area contributed by atoms with Crippen molar-refractivity contribution >= 4 is 23.5 Å². The molecule has 4 rings (SSSR count). The second kappa shape index (κ2) is 11.6. The third-order valence-corrected chi connectivity index (χ3v) is 10.7. The van der Waals surface area contributed by atoms with Crippen LogP contribution in [0.15, 0.2) is 16.8 Å². The van der Waals surface area contributed by atoms with Crippen LogP contribution in [-0.2, 0) is 19.2 Å². The third-order valence-electron chi connectivity index (χ3n) is 10.7. The number of oxime groups is 1. The van der Waals surface area contributed by atoms with E-state index >= 15 is 0 Å². The van der Waals surface area contributed by atoms with Gasteiger partial charge in [-0.2, -0.15) is 0 Å². The molecule has 9 nitrogen and oxygen atoms in total. The van der Waals surface area contributed by atoms with E-state index in [2.05, 4.69) is 41.6 Å². The Balaban J connectivity index is 1.32. The van der Waals surface area contributed by atoms with Crippen molar-refractivity contribution in [3.05, 3.63) is 11.6 Å². The Morgan fingerprint density at radius 3 is 2.55 bits per heavy atom. The summed E-state index contributed by atoms with van der Waals surface area (Å²) in [6, 6.07) is -1.88. The van der Waals surface area contributed by atoms with Crippen LogP contribution in [0.5, 0.6) is 0 Å². The van der Waals surface area contributed by atoms with Gasteiger partial charge < -0.3 is 25.7 Å². The molecule has 4 aliphatic carbocycles. The maximum absolute atomic E-state index is 12.3. The summed E-state index contributed by atoms with van der Waals surface area (Å²) in [5.74, 6) is 2.16. The molecule has 8 atom stereocenters. The van der Waals surface area contributed by atoms with Gasteiger partial charge in [0.25, 0.3) is 5.91 Å². The summed E-state index contributed by atoms with van der Waals surface area (Å²) in [5, 5.41) is 29.6. The molecule has 0 saturated heterocycles. The van der Waals surface area contributed by atoms with Gasteiger partial charge in [0.1, 0.15) is 17.7 Å². The number of carboxylic acid groups (broad SMARTS) is 1. The first-order chi connectivity index (χ1) is 18.9. The first-order valence-corrected chi connectivity index (χ1v) is 14.8. The van der Waals surface area contributed by atoms with Gasteiger partial charge in [0.05, 0.1) is 5.71 Å². The van der Waals surface area contributed by atoms with E-state index in [-0.39, 0.29) is 17.4 Å². The van der Waals surface area contributed by atoms with Crippen molar-refractivity contribution in [2.24, 2.45) is 33.7 Å². The van der Waals surface area contributed by atoms with Gasteiger partial charge in [-0.05, 0) is 94.0 Å². The first-order valence-electron chi connectivity index (χ1n) is 14.8. The molecule has 0 aromatic carbocycles. The van der Waals surface area contributed by atoms with Gasteiger partial charge in [0.15, 0.2) is 6.61 Å². The number of hydrogen-bond acceptors (Lipinski definition) is 6. The molecule has 0 radical (unpaired) electrons.